The predicted molar refractivity (Wildman–Crippen MR) is 80.6 cm³/mol. The van der Waals surface area contributed by atoms with Crippen molar-refractivity contribution in [1.29, 1.82) is 0 Å². The zero-order valence-electron chi connectivity index (χ0n) is 11.2. The maximum atomic E-state index is 5.25. The molecule has 2 rings (SSSR count). The van der Waals surface area contributed by atoms with Gasteiger partial charge in [0.1, 0.15) is 11.6 Å². The maximum Gasteiger partial charge on any atom is 0.163 e. The molecule has 0 unspecified atom stereocenters. The molecule has 1 heterocycles. The van der Waals surface area contributed by atoms with Gasteiger partial charge in [0.25, 0.3) is 0 Å². The molecule has 0 fully saturated rings. The van der Waals surface area contributed by atoms with Crippen molar-refractivity contribution in [1.82, 2.24) is 9.97 Å². The van der Waals surface area contributed by atoms with E-state index < -0.39 is 0 Å². The van der Waals surface area contributed by atoms with Crippen LogP contribution in [0.5, 0.6) is 5.75 Å². The number of methoxy groups -OCH3 is 1. The Hall–Kier alpha value is -1.62. The van der Waals surface area contributed by atoms with Crippen molar-refractivity contribution in [2.45, 2.75) is 13.8 Å². The second-order valence-electron chi connectivity index (χ2n) is 4.09. The lowest BCUT2D eigenvalue weighted by Gasteiger charge is -2.09. The molecule has 0 spiro atoms. The third-order valence-electron chi connectivity index (χ3n) is 2.63. The van der Waals surface area contributed by atoms with Crippen LogP contribution in [0, 0.1) is 6.92 Å². The summed E-state index contributed by atoms with van der Waals surface area (Å²) in [6, 6.07) is 7.69. The molecule has 0 aliphatic rings. The summed E-state index contributed by atoms with van der Waals surface area (Å²) in [6.07, 6.45) is 0. The van der Waals surface area contributed by atoms with Crippen LogP contribution in [0.15, 0.2) is 28.7 Å². The summed E-state index contributed by atoms with van der Waals surface area (Å²) >= 11 is 3.53. The van der Waals surface area contributed by atoms with E-state index in [9.17, 15) is 0 Å². The van der Waals surface area contributed by atoms with Crippen LogP contribution in [0.1, 0.15) is 12.6 Å². The summed E-state index contributed by atoms with van der Waals surface area (Å²) < 4.78 is 6.19. The van der Waals surface area contributed by atoms with Gasteiger partial charge in [0, 0.05) is 28.3 Å². The van der Waals surface area contributed by atoms with Crippen LogP contribution in [0.2, 0.25) is 0 Å². The van der Waals surface area contributed by atoms with Crippen LogP contribution in [0.4, 0.5) is 5.82 Å². The van der Waals surface area contributed by atoms with Crippen molar-refractivity contribution in [2.75, 3.05) is 19.0 Å². The average Bonchev–Trinajstić information content (AvgIpc) is 2.39. The number of benzene rings is 1. The number of aromatic nitrogens is 2. The molecule has 1 aromatic heterocycles. The molecule has 0 aliphatic carbocycles. The van der Waals surface area contributed by atoms with Crippen LogP contribution >= 0.6 is 15.9 Å². The smallest absolute Gasteiger partial charge is 0.163 e. The molecule has 0 saturated heterocycles. The van der Waals surface area contributed by atoms with Gasteiger partial charge in [0.2, 0.25) is 0 Å². The minimum Gasteiger partial charge on any atom is -0.497 e. The van der Waals surface area contributed by atoms with Gasteiger partial charge in [0.15, 0.2) is 5.82 Å². The van der Waals surface area contributed by atoms with Crippen LogP contribution in [-0.2, 0) is 0 Å². The molecule has 0 bridgehead atoms. The summed E-state index contributed by atoms with van der Waals surface area (Å²) in [4.78, 5) is 9.01. The van der Waals surface area contributed by atoms with E-state index in [2.05, 4.69) is 31.2 Å². The summed E-state index contributed by atoms with van der Waals surface area (Å²) in [5.41, 5.74) is 1.85. The topological polar surface area (TPSA) is 47.0 Å². The number of anilines is 1. The van der Waals surface area contributed by atoms with E-state index in [1.165, 1.54) is 0 Å². The Kier molecular flexibility index (Phi) is 4.37. The van der Waals surface area contributed by atoms with Gasteiger partial charge in [-0.25, -0.2) is 9.97 Å². The van der Waals surface area contributed by atoms with Crippen molar-refractivity contribution in [3.8, 4) is 17.1 Å². The lowest BCUT2D eigenvalue weighted by atomic mass is 10.2. The highest BCUT2D eigenvalue weighted by atomic mass is 79.9. The Morgan fingerprint density at radius 1 is 1.26 bits per heavy atom. The first-order valence-electron chi connectivity index (χ1n) is 6.07. The Morgan fingerprint density at radius 2 is 2.05 bits per heavy atom. The molecular weight excluding hydrogens is 306 g/mol. The molecule has 19 heavy (non-hydrogen) atoms. The van der Waals surface area contributed by atoms with Crippen molar-refractivity contribution < 1.29 is 4.74 Å². The molecule has 0 aliphatic heterocycles. The van der Waals surface area contributed by atoms with E-state index in [0.717, 1.165) is 33.8 Å². The molecule has 100 valence electrons. The minimum absolute atomic E-state index is 0.682. The molecule has 2 aromatic rings. The zero-order valence-corrected chi connectivity index (χ0v) is 12.8. The Morgan fingerprint density at radius 3 is 2.74 bits per heavy atom. The fourth-order valence-electron chi connectivity index (χ4n) is 1.76. The molecule has 1 aromatic carbocycles. The summed E-state index contributed by atoms with van der Waals surface area (Å²) in [5.74, 6) is 2.30. The molecular formula is C14H16BrN3O. The summed E-state index contributed by atoms with van der Waals surface area (Å²) in [7, 11) is 1.65. The summed E-state index contributed by atoms with van der Waals surface area (Å²) in [5, 5.41) is 3.21. The number of hydrogen-bond donors (Lipinski definition) is 1. The van der Waals surface area contributed by atoms with E-state index in [4.69, 9.17) is 4.74 Å². The average molecular weight is 322 g/mol. The van der Waals surface area contributed by atoms with E-state index in [1.807, 2.05) is 38.1 Å². The van der Waals surface area contributed by atoms with Crippen molar-refractivity contribution in [2.24, 2.45) is 0 Å². The third kappa shape index (κ3) is 3.23. The second kappa shape index (κ2) is 6.02. The number of ether oxygens (including phenoxy) is 1. The van der Waals surface area contributed by atoms with Gasteiger partial charge in [-0.15, -0.1) is 0 Å². The number of nitrogens with one attached hydrogen (secondary N) is 1. The van der Waals surface area contributed by atoms with E-state index >= 15 is 0 Å². The first-order valence-corrected chi connectivity index (χ1v) is 6.86. The first kappa shape index (κ1) is 13.8. The van der Waals surface area contributed by atoms with Gasteiger partial charge >= 0.3 is 0 Å². The van der Waals surface area contributed by atoms with E-state index in [0.29, 0.717) is 5.82 Å². The Labute approximate surface area is 121 Å². The highest BCUT2D eigenvalue weighted by Crippen LogP contribution is 2.30. The second-order valence-corrected chi connectivity index (χ2v) is 4.95. The lowest BCUT2D eigenvalue weighted by molar-refractivity contribution is 0.415. The molecule has 0 radical (unpaired) electrons. The van der Waals surface area contributed by atoms with Gasteiger partial charge in [-0.3, -0.25) is 0 Å². The number of rotatable bonds is 4. The van der Waals surface area contributed by atoms with Gasteiger partial charge in [-0.05, 0) is 32.0 Å². The van der Waals surface area contributed by atoms with Gasteiger partial charge in [-0.2, -0.15) is 0 Å². The Bertz CT molecular complexity index is 587. The first-order chi connectivity index (χ1) is 9.13. The number of aryl methyl sites for hydroxylation is 1. The SMILES string of the molecule is CCNc1cc(C)nc(-c2cc(OC)ccc2Br)n1. The highest BCUT2D eigenvalue weighted by molar-refractivity contribution is 9.10. The minimum atomic E-state index is 0.682. The predicted octanol–water partition coefficient (Wildman–Crippen LogP) is 3.65. The van der Waals surface area contributed by atoms with Gasteiger partial charge in [-0.1, -0.05) is 15.9 Å². The van der Waals surface area contributed by atoms with Crippen LogP contribution in [0.3, 0.4) is 0 Å². The fourth-order valence-corrected chi connectivity index (χ4v) is 2.19. The molecule has 1 N–H and O–H groups in total. The van der Waals surface area contributed by atoms with E-state index in [-0.39, 0.29) is 0 Å². The molecule has 5 heteroatoms. The van der Waals surface area contributed by atoms with Gasteiger partial charge < -0.3 is 10.1 Å². The van der Waals surface area contributed by atoms with Crippen LogP contribution in [0.25, 0.3) is 11.4 Å². The zero-order chi connectivity index (χ0) is 13.8. The lowest BCUT2D eigenvalue weighted by Crippen LogP contribution is -2.03. The quantitative estimate of drug-likeness (QED) is 0.933. The van der Waals surface area contributed by atoms with Crippen molar-refractivity contribution in [3.63, 3.8) is 0 Å². The molecule has 0 amide bonds. The maximum absolute atomic E-state index is 5.25. The van der Waals surface area contributed by atoms with E-state index in [1.54, 1.807) is 7.11 Å². The normalized spacial score (nSPS) is 10.3. The number of halogens is 1. The molecule has 0 atom stereocenters. The summed E-state index contributed by atoms with van der Waals surface area (Å²) in [6.45, 7) is 4.83. The number of hydrogen-bond acceptors (Lipinski definition) is 4. The highest BCUT2D eigenvalue weighted by Gasteiger charge is 2.10. The third-order valence-corrected chi connectivity index (χ3v) is 3.32. The largest absolute Gasteiger partial charge is 0.497 e. The Balaban J connectivity index is 2.51. The number of nitrogens with zero attached hydrogens (tertiary/aromatic N) is 2. The fraction of sp³-hybridized carbons (Fsp3) is 0.286. The van der Waals surface area contributed by atoms with Gasteiger partial charge in [0.05, 0.1) is 7.11 Å². The molecule has 0 saturated carbocycles. The van der Waals surface area contributed by atoms with Crippen LogP contribution < -0.4 is 10.1 Å². The molecule has 4 nitrogen and oxygen atoms in total. The van der Waals surface area contributed by atoms with Crippen molar-refractivity contribution >= 4 is 21.7 Å². The standard InChI is InChI=1S/C14H16BrN3O/c1-4-16-13-7-9(2)17-14(18-13)11-8-10(19-3)5-6-12(11)15/h5-8H,4H2,1-3H3,(H,16,17,18). The van der Waals surface area contributed by atoms with Crippen LogP contribution in [-0.4, -0.2) is 23.6 Å². The van der Waals surface area contributed by atoms with Crippen molar-refractivity contribution in [3.05, 3.63) is 34.4 Å². The monoisotopic (exact) mass is 321 g/mol.